The monoisotopic (exact) mass is 411 g/mol. The zero-order chi connectivity index (χ0) is 17.5. The van der Waals surface area contributed by atoms with E-state index in [2.05, 4.69) is 21.2 Å². The van der Waals surface area contributed by atoms with Crippen LogP contribution in [0.25, 0.3) is 0 Å². The average molecular weight is 413 g/mol. The molecule has 0 radical (unpaired) electrons. The molecule has 0 unspecified atom stereocenters. The van der Waals surface area contributed by atoms with Crippen molar-refractivity contribution in [3.63, 3.8) is 0 Å². The second-order valence-corrected chi connectivity index (χ2v) is 6.18. The fourth-order valence-electron chi connectivity index (χ4n) is 1.82. The van der Waals surface area contributed by atoms with Gasteiger partial charge in [-0.1, -0.05) is 29.8 Å². The minimum atomic E-state index is -0.642. The van der Waals surface area contributed by atoms with E-state index in [1.165, 1.54) is 0 Å². The molecule has 5 nitrogen and oxygen atoms in total. The van der Waals surface area contributed by atoms with Crippen LogP contribution in [0.5, 0.6) is 5.75 Å². The lowest BCUT2D eigenvalue weighted by Crippen LogP contribution is -2.24. The summed E-state index contributed by atoms with van der Waals surface area (Å²) in [4.78, 5) is 23.4. The molecule has 0 aliphatic carbocycles. The summed E-state index contributed by atoms with van der Waals surface area (Å²) in [6, 6.07) is 12.3. The molecule has 0 aliphatic heterocycles. The largest absolute Gasteiger partial charge is 0.481 e. The third-order valence-electron chi connectivity index (χ3n) is 3.02. The van der Waals surface area contributed by atoms with Crippen molar-refractivity contribution in [3.8, 4) is 5.75 Å². The van der Waals surface area contributed by atoms with Crippen molar-refractivity contribution in [2.24, 2.45) is 0 Å². The Hall–Kier alpha value is -2.05. The summed E-state index contributed by atoms with van der Waals surface area (Å²) in [6.07, 6.45) is 0. The van der Waals surface area contributed by atoms with E-state index in [1.54, 1.807) is 24.3 Å². The highest BCUT2D eigenvalue weighted by Gasteiger charge is 2.11. The van der Waals surface area contributed by atoms with E-state index >= 15 is 0 Å². The van der Waals surface area contributed by atoms with Crippen LogP contribution in [0.2, 0.25) is 5.02 Å². The minimum absolute atomic E-state index is 0.308. The van der Waals surface area contributed by atoms with Gasteiger partial charge >= 0.3 is 5.97 Å². The number of halogens is 2. The van der Waals surface area contributed by atoms with Gasteiger partial charge in [0, 0.05) is 10.7 Å². The molecule has 2 aromatic carbocycles. The van der Waals surface area contributed by atoms with Crippen LogP contribution < -0.4 is 10.1 Å². The number of hydrogen-bond donors (Lipinski definition) is 1. The number of hydrogen-bond acceptors (Lipinski definition) is 4. The smallest absolute Gasteiger partial charge is 0.344 e. The third kappa shape index (κ3) is 5.54. The predicted octanol–water partition coefficient (Wildman–Crippen LogP) is 3.97. The number of esters is 1. The van der Waals surface area contributed by atoms with Gasteiger partial charge in [0.25, 0.3) is 5.91 Å². The SMILES string of the molecule is Cc1ccccc1NC(=O)COC(=O)COc1ccc(Cl)cc1Br. The molecule has 0 aliphatic rings. The number of carbonyl (C=O) groups is 2. The second-order valence-electron chi connectivity index (χ2n) is 4.89. The molecule has 0 saturated heterocycles. The molecule has 7 heteroatoms. The fraction of sp³-hybridized carbons (Fsp3) is 0.176. The minimum Gasteiger partial charge on any atom is -0.481 e. The van der Waals surface area contributed by atoms with Crippen molar-refractivity contribution >= 4 is 45.1 Å². The average Bonchev–Trinajstić information content (AvgIpc) is 2.54. The van der Waals surface area contributed by atoms with Crippen LogP contribution in [0.4, 0.5) is 5.69 Å². The molecular weight excluding hydrogens is 398 g/mol. The summed E-state index contributed by atoms with van der Waals surface area (Å²) in [6.45, 7) is 1.19. The van der Waals surface area contributed by atoms with Crippen LogP contribution in [-0.4, -0.2) is 25.1 Å². The molecule has 24 heavy (non-hydrogen) atoms. The molecule has 0 heterocycles. The number of benzene rings is 2. The molecule has 0 atom stereocenters. The molecule has 126 valence electrons. The van der Waals surface area contributed by atoms with Crippen molar-refractivity contribution in [2.75, 3.05) is 18.5 Å². The molecular formula is C17H15BrClNO4. The Kier molecular flexibility index (Phi) is 6.63. The van der Waals surface area contributed by atoms with Gasteiger partial charge in [0.1, 0.15) is 5.75 Å². The first-order valence-electron chi connectivity index (χ1n) is 7.04. The van der Waals surface area contributed by atoms with Gasteiger partial charge in [0.05, 0.1) is 4.47 Å². The van der Waals surface area contributed by atoms with Gasteiger partial charge in [0.15, 0.2) is 13.2 Å². The first-order chi connectivity index (χ1) is 11.5. The quantitative estimate of drug-likeness (QED) is 0.729. The highest BCUT2D eigenvalue weighted by Crippen LogP contribution is 2.27. The van der Waals surface area contributed by atoms with Gasteiger partial charge in [-0.05, 0) is 52.7 Å². The molecule has 0 saturated carbocycles. The lowest BCUT2D eigenvalue weighted by Gasteiger charge is -2.10. The molecule has 0 fully saturated rings. The number of carbonyl (C=O) groups excluding carboxylic acids is 2. The Bertz CT molecular complexity index is 751. The zero-order valence-corrected chi connectivity index (χ0v) is 15.2. The number of ether oxygens (including phenoxy) is 2. The lowest BCUT2D eigenvalue weighted by molar-refractivity contribution is -0.149. The predicted molar refractivity (Wildman–Crippen MR) is 95.4 cm³/mol. The zero-order valence-electron chi connectivity index (χ0n) is 12.8. The highest BCUT2D eigenvalue weighted by molar-refractivity contribution is 9.10. The van der Waals surface area contributed by atoms with Crippen LogP contribution in [0, 0.1) is 6.92 Å². The van der Waals surface area contributed by atoms with Crippen molar-refractivity contribution in [2.45, 2.75) is 6.92 Å². The standard InChI is InChI=1S/C17H15BrClNO4/c1-11-4-2-3-5-14(11)20-16(21)9-24-17(22)10-23-15-7-6-12(19)8-13(15)18/h2-8H,9-10H2,1H3,(H,20,21). The molecule has 1 N–H and O–H groups in total. The molecule has 0 spiro atoms. The number of anilines is 1. The molecule has 2 rings (SSSR count). The number of rotatable bonds is 6. The molecule has 0 bridgehead atoms. The maximum absolute atomic E-state index is 11.8. The Morgan fingerprint density at radius 1 is 1.17 bits per heavy atom. The second kappa shape index (κ2) is 8.70. The van der Waals surface area contributed by atoms with Crippen LogP contribution in [-0.2, 0) is 14.3 Å². The Morgan fingerprint density at radius 2 is 1.92 bits per heavy atom. The maximum Gasteiger partial charge on any atom is 0.344 e. The molecule has 0 aromatic heterocycles. The van der Waals surface area contributed by atoms with Crippen LogP contribution >= 0.6 is 27.5 Å². The van der Waals surface area contributed by atoms with Gasteiger partial charge in [-0.25, -0.2) is 4.79 Å². The third-order valence-corrected chi connectivity index (χ3v) is 3.88. The van der Waals surface area contributed by atoms with Crippen molar-refractivity contribution in [1.29, 1.82) is 0 Å². The Morgan fingerprint density at radius 3 is 2.62 bits per heavy atom. The van der Waals surface area contributed by atoms with E-state index in [-0.39, 0.29) is 13.2 Å². The van der Waals surface area contributed by atoms with Crippen molar-refractivity contribution < 1.29 is 19.1 Å². The molecule has 1 amide bonds. The van der Waals surface area contributed by atoms with Crippen LogP contribution in [0.3, 0.4) is 0 Å². The number of aryl methyl sites for hydroxylation is 1. The normalized spacial score (nSPS) is 10.1. The van der Waals surface area contributed by atoms with E-state index in [1.807, 2.05) is 25.1 Å². The number of para-hydroxylation sites is 1. The van der Waals surface area contributed by atoms with E-state index < -0.39 is 11.9 Å². The van der Waals surface area contributed by atoms with E-state index in [0.29, 0.717) is 20.9 Å². The topological polar surface area (TPSA) is 64.6 Å². The summed E-state index contributed by atoms with van der Waals surface area (Å²) in [5, 5.41) is 3.22. The van der Waals surface area contributed by atoms with Crippen molar-refractivity contribution in [1.82, 2.24) is 0 Å². The van der Waals surface area contributed by atoms with Gasteiger partial charge < -0.3 is 14.8 Å². The van der Waals surface area contributed by atoms with Gasteiger partial charge in [0.2, 0.25) is 0 Å². The summed E-state index contributed by atoms with van der Waals surface area (Å²) < 4.78 is 10.8. The van der Waals surface area contributed by atoms with E-state index in [4.69, 9.17) is 21.1 Å². The summed E-state index contributed by atoms with van der Waals surface area (Å²) in [5.74, 6) is -0.595. The first kappa shape index (κ1) is 18.3. The van der Waals surface area contributed by atoms with Crippen LogP contribution in [0.1, 0.15) is 5.56 Å². The number of amides is 1. The van der Waals surface area contributed by atoms with Crippen LogP contribution in [0.15, 0.2) is 46.9 Å². The summed E-state index contributed by atoms with van der Waals surface area (Å²) in [7, 11) is 0. The lowest BCUT2D eigenvalue weighted by atomic mass is 10.2. The highest BCUT2D eigenvalue weighted by atomic mass is 79.9. The van der Waals surface area contributed by atoms with Crippen molar-refractivity contribution in [3.05, 3.63) is 57.5 Å². The number of nitrogens with one attached hydrogen (secondary N) is 1. The Balaban J connectivity index is 1.76. The van der Waals surface area contributed by atoms with E-state index in [0.717, 1.165) is 5.56 Å². The molecule has 2 aromatic rings. The fourth-order valence-corrected chi connectivity index (χ4v) is 2.61. The maximum atomic E-state index is 11.8. The first-order valence-corrected chi connectivity index (χ1v) is 8.22. The summed E-state index contributed by atoms with van der Waals surface area (Å²) in [5.41, 5.74) is 1.60. The van der Waals surface area contributed by atoms with E-state index in [9.17, 15) is 9.59 Å². The van der Waals surface area contributed by atoms with Gasteiger partial charge in [-0.2, -0.15) is 0 Å². The van der Waals surface area contributed by atoms with Gasteiger partial charge in [-0.3, -0.25) is 4.79 Å². The van der Waals surface area contributed by atoms with Gasteiger partial charge in [-0.15, -0.1) is 0 Å². The summed E-state index contributed by atoms with van der Waals surface area (Å²) >= 11 is 9.10. The Labute approximate surface area is 153 Å².